The summed E-state index contributed by atoms with van der Waals surface area (Å²) in [6.45, 7) is 4.11. The summed E-state index contributed by atoms with van der Waals surface area (Å²) in [5, 5.41) is 9.92. The quantitative estimate of drug-likeness (QED) is 0.906. The fourth-order valence-corrected chi connectivity index (χ4v) is 2.30. The van der Waals surface area contributed by atoms with Crippen LogP contribution < -0.4 is 9.47 Å². The topological polar surface area (TPSA) is 38.7 Å². The van der Waals surface area contributed by atoms with Crippen LogP contribution in [0.3, 0.4) is 0 Å². The number of para-hydroxylation sites is 1. The molecule has 0 radical (unpaired) electrons. The number of hydrogen-bond acceptors (Lipinski definition) is 3. The molecule has 0 bridgehead atoms. The van der Waals surface area contributed by atoms with Crippen molar-refractivity contribution in [1.82, 2.24) is 0 Å². The number of aromatic hydroxyl groups is 1. The van der Waals surface area contributed by atoms with Crippen molar-refractivity contribution >= 4 is 0 Å². The van der Waals surface area contributed by atoms with Crippen molar-refractivity contribution in [3.63, 3.8) is 0 Å². The van der Waals surface area contributed by atoms with Gasteiger partial charge in [0.05, 0.1) is 14.2 Å². The van der Waals surface area contributed by atoms with Crippen LogP contribution in [0.1, 0.15) is 25.3 Å². The van der Waals surface area contributed by atoms with Gasteiger partial charge in [0, 0.05) is 5.56 Å². The second kappa shape index (κ2) is 5.87. The van der Waals surface area contributed by atoms with Crippen molar-refractivity contribution in [2.24, 2.45) is 0 Å². The van der Waals surface area contributed by atoms with Crippen LogP contribution >= 0.6 is 0 Å². The number of benzene rings is 2. The Labute approximate surface area is 119 Å². The van der Waals surface area contributed by atoms with Crippen LogP contribution in [0.2, 0.25) is 0 Å². The van der Waals surface area contributed by atoms with Crippen molar-refractivity contribution in [3.8, 4) is 28.4 Å². The van der Waals surface area contributed by atoms with Crippen LogP contribution in [0.4, 0.5) is 0 Å². The summed E-state index contributed by atoms with van der Waals surface area (Å²) in [4.78, 5) is 0. The third-order valence-corrected chi connectivity index (χ3v) is 3.36. The van der Waals surface area contributed by atoms with Crippen molar-refractivity contribution in [3.05, 3.63) is 42.0 Å². The maximum Gasteiger partial charge on any atom is 0.168 e. The summed E-state index contributed by atoms with van der Waals surface area (Å²) in [6, 6.07) is 11.4. The number of phenols is 1. The van der Waals surface area contributed by atoms with Gasteiger partial charge in [-0.2, -0.15) is 0 Å². The molecule has 106 valence electrons. The van der Waals surface area contributed by atoms with E-state index in [0.717, 1.165) is 16.7 Å². The largest absolute Gasteiger partial charge is 0.508 e. The maximum atomic E-state index is 9.92. The van der Waals surface area contributed by atoms with Crippen molar-refractivity contribution in [2.45, 2.75) is 19.8 Å². The zero-order chi connectivity index (χ0) is 14.7. The first-order valence-electron chi connectivity index (χ1n) is 6.62. The van der Waals surface area contributed by atoms with Crippen LogP contribution in [0.15, 0.2) is 36.4 Å². The lowest BCUT2D eigenvalue weighted by atomic mass is 9.96. The van der Waals surface area contributed by atoms with E-state index in [-0.39, 0.29) is 5.92 Å². The Morgan fingerprint density at radius 3 is 2.35 bits per heavy atom. The Morgan fingerprint density at radius 1 is 1.00 bits per heavy atom. The highest BCUT2D eigenvalue weighted by Gasteiger charge is 2.14. The Kier molecular flexibility index (Phi) is 4.18. The van der Waals surface area contributed by atoms with Gasteiger partial charge in [0.25, 0.3) is 0 Å². The lowest BCUT2D eigenvalue weighted by Gasteiger charge is -2.15. The Hall–Kier alpha value is -2.16. The molecule has 3 heteroatoms. The molecule has 0 amide bonds. The van der Waals surface area contributed by atoms with Crippen molar-refractivity contribution in [2.75, 3.05) is 14.2 Å². The van der Waals surface area contributed by atoms with E-state index in [9.17, 15) is 5.11 Å². The number of rotatable bonds is 4. The summed E-state index contributed by atoms with van der Waals surface area (Å²) >= 11 is 0. The zero-order valence-electron chi connectivity index (χ0n) is 12.3. The molecule has 0 saturated heterocycles. The van der Waals surface area contributed by atoms with Gasteiger partial charge in [-0.1, -0.05) is 32.0 Å². The van der Waals surface area contributed by atoms with Crippen LogP contribution in [0.25, 0.3) is 11.1 Å². The summed E-state index contributed by atoms with van der Waals surface area (Å²) in [7, 11) is 3.25. The van der Waals surface area contributed by atoms with E-state index in [1.165, 1.54) is 0 Å². The van der Waals surface area contributed by atoms with E-state index in [0.29, 0.717) is 17.2 Å². The predicted octanol–water partition coefficient (Wildman–Crippen LogP) is 4.20. The second-order valence-electron chi connectivity index (χ2n) is 4.97. The molecule has 0 unspecified atom stereocenters. The summed E-state index contributed by atoms with van der Waals surface area (Å²) in [5.41, 5.74) is 2.88. The Balaban J connectivity index is 2.60. The highest BCUT2D eigenvalue weighted by Crippen LogP contribution is 2.39. The number of ether oxygens (including phenoxy) is 2. The fraction of sp³-hybridized carbons (Fsp3) is 0.294. The van der Waals surface area contributed by atoms with E-state index < -0.39 is 0 Å². The van der Waals surface area contributed by atoms with E-state index in [1.807, 2.05) is 30.3 Å². The van der Waals surface area contributed by atoms with Gasteiger partial charge in [-0.3, -0.25) is 0 Å². The SMILES string of the molecule is COc1cccc(-c2ccc(O)c(C(C)C)c2)c1OC. The first-order chi connectivity index (χ1) is 9.58. The lowest BCUT2D eigenvalue weighted by molar-refractivity contribution is 0.356. The molecule has 0 spiro atoms. The van der Waals surface area contributed by atoms with E-state index in [1.54, 1.807) is 20.3 Å². The minimum Gasteiger partial charge on any atom is -0.508 e. The molecular formula is C17H20O3. The Bertz CT molecular complexity index is 603. The molecule has 0 aliphatic carbocycles. The van der Waals surface area contributed by atoms with Crippen LogP contribution in [0.5, 0.6) is 17.2 Å². The van der Waals surface area contributed by atoms with E-state index in [4.69, 9.17) is 9.47 Å². The average molecular weight is 272 g/mol. The molecule has 0 fully saturated rings. The highest BCUT2D eigenvalue weighted by atomic mass is 16.5. The van der Waals surface area contributed by atoms with Gasteiger partial charge in [-0.25, -0.2) is 0 Å². The minimum atomic E-state index is 0.256. The van der Waals surface area contributed by atoms with Gasteiger partial charge in [0.1, 0.15) is 5.75 Å². The van der Waals surface area contributed by atoms with Crippen molar-refractivity contribution in [1.29, 1.82) is 0 Å². The van der Waals surface area contributed by atoms with E-state index >= 15 is 0 Å². The third-order valence-electron chi connectivity index (χ3n) is 3.36. The predicted molar refractivity (Wildman–Crippen MR) is 80.7 cm³/mol. The third kappa shape index (κ3) is 2.57. The van der Waals surface area contributed by atoms with Gasteiger partial charge in [-0.15, -0.1) is 0 Å². The smallest absolute Gasteiger partial charge is 0.168 e. The number of methoxy groups -OCH3 is 2. The van der Waals surface area contributed by atoms with Crippen molar-refractivity contribution < 1.29 is 14.6 Å². The first-order valence-corrected chi connectivity index (χ1v) is 6.62. The average Bonchev–Trinajstić information content (AvgIpc) is 2.46. The number of hydrogen-bond donors (Lipinski definition) is 1. The van der Waals surface area contributed by atoms with Gasteiger partial charge in [-0.05, 0) is 35.2 Å². The van der Waals surface area contributed by atoms with Crippen LogP contribution in [-0.4, -0.2) is 19.3 Å². The molecule has 0 saturated carbocycles. The molecule has 0 heterocycles. The molecule has 2 aromatic rings. The Morgan fingerprint density at radius 2 is 1.75 bits per heavy atom. The molecule has 1 N–H and O–H groups in total. The lowest BCUT2D eigenvalue weighted by Crippen LogP contribution is -1.94. The fourth-order valence-electron chi connectivity index (χ4n) is 2.30. The molecule has 0 aromatic heterocycles. The van der Waals surface area contributed by atoms with Gasteiger partial charge >= 0.3 is 0 Å². The molecule has 3 nitrogen and oxygen atoms in total. The first kappa shape index (κ1) is 14.3. The number of phenolic OH excluding ortho intramolecular Hbond substituents is 1. The summed E-state index contributed by atoms with van der Waals surface area (Å²) in [6.07, 6.45) is 0. The van der Waals surface area contributed by atoms with Crippen LogP contribution in [-0.2, 0) is 0 Å². The zero-order valence-corrected chi connectivity index (χ0v) is 12.3. The molecular weight excluding hydrogens is 252 g/mol. The van der Waals surface area contributed by atoms with E-state index in [2.05, 4.69) is 13.8 Å². The molecule has 0 atom stereocenters. The second-order valence-corrected chi connectivity index (χ2v) is 4.97. The van der Waals surface area contributed by atoms with Gasteiger partial charge < -0.3 is 14.6 Å². The molecule has 0 aliphatic rings. The van der Waals surface area contributed by atoms with Crippen LogP contribution in [0, 0.1) is 0 Å². The van der Waals surface area contributed by atoms with Gasteiger partial charge in [0.15, 0.2) is 11.5 Å². The molecule has 20 heavy (non-hydrogen) atoms. The molecule has 2 aromatic carbocycles. The summed E-state index contributed by atoms with van der Waals surface area (Å²) < 4.78 is 10.8. The van der Waals surface area contributed by atoms with Gasteiger partial charge in [0.2, 0.25) is 0 Å². The normalized spacial score (nSPS) is 10.7. The molecule has 0 aliphatic heterocycles. The standard InChI is InChI=1S/C17H20O3/c1-11(2)14-10-12(8-9-15(14)18)13-6-5-7-16(19-3)17(13)20-4/h5-11,18H,1-4H3. The molecule has 2 rings (SSSR count). The summed E-state index contributed by atoms with van der Waals surface area (Å²) in [5.74, 6) is 1.98. The minimum absolute atomic E-state index is 0.256. The maximum absolute atomic E-state index is 9.92. The highest BCUT2D eigenvalue weighted by molar-refractivity contribution is 5.75. The monoisotopic (exact) mass is 272 g/mol.